The van der Waals surface area contributed by atoms with Crippen LogP contribution in [0.1, 0.15) is 17.0 Å². The van der Waals surface area contributed by atoms with Gasteiger partial charge in [0.25, 0.3) is 0 Å². The van der Waals surface area contributed by atoms with Gasteiger partial charge in [-0.3, -0.25) is 4.98 Å². The Kier molecular flexibility index (Phi) is 3.89. The largest absolute Gasteiger partial charge is 0.437 e. The van der Waals surface area contributed by atoms with Gasteiger partial charge in [0.2, 0.25) is 5.88 Å². The van der Waals surface area contributed by atoms with Gasteiger partial charge in [0.1, 0.15) is 5.75 Å². The number of aryl methyl sites for hydroxylation is 2. The van der Waals surface area contributed by atoms with Crippen molar-refractivity contribution in [2.24, 2.45) is 0 Å². The molecule has 1 N–H and O–H groups in total. The minimum Gasteiger partial charge on any atom is -0.437 e. The number of rotatable bonds is 4. The van der Waals surface area contributed by atoms with Gasteiger partial charge in [-0.05, 0) is 38.6 Å². The lowest BCUT2D eigenvalue weighted by atomic mass is 10.2. The van der Waals surface area contributed by atoms with Gasteiger partial charge in [-0.2, -0.15) is 0 Å². The van der Waals surface area contributed by atoms with E-state index in [1.807, 2.05) is 39.1 Å². The molecule has 0 aliphatic heterocycles. The van der Waals surface area contributed by atoms with Crippen molar-refractivity contribution in [3.63, 3.8) is 0 Å². The third kappa shape index (κ3) is 3.05. The van der Waals surface area contributed by atoms with Gasteiger partial charge in [0.05, 0.1) is 17.6 Å². The fourth-order valence-corrected chi connectivity index (χ4v) is 1.61. The van der Waals surface area contributed by atoms with Crippen molar-refractivity contribution in [3.8, 4) is 11.6 Å². The van der Waals surface area contributed by atoms with E-state index in [-0.39, 0.29) is 0 Å². The average molecular weight is 243 g/mol. The predicted octanol–water partition coefficient (Wildman–Crippen LogP) is 2.61. The molecule has 0 amide bonds. The average Bonchev–Trinajstić information content (AvgIpc) is 2.35. The van der Waals surface area contributed by atoms with Gasteiger partial charge in [-0.25, -0.2) is 4.98 Å². The lowest BCUT2D eigenvalue weighted by Crippen LogP contribution is -2.04. The molecule has 0 fully saturated rings. The molecule has 0 atom stereocenters. The lowest BCUT2D eigenvalue weighted by molar-refractivity contribution is 0.457. The minimum atomic E-state index is 0.528. The van der Waals surface area contributed by atoms with Crippen molar-refractivity contribution in [2.45, 2.75) is 20.4 Å². The molecule has 1 heterocycles. The number of benzene rings is 1. The van der Waals surface area contributed by atoms with Crippen LogP contribution in [0.5, 0.6) is 11.6 Å². The van der Waals surface area contributed by atoms with E-state index in [0.717, 1.165) is 23.7 Å². The maximum atomic E-state index is 5.70. The summed E-state index contributed by atoms with van der Waals surface area (Å²) in [4.78, 5) is 8.58. The van der Waals surface area contributed by atoms with Gasteiger partial charge in [0.15, 0.2) is 0 Å². The molecule has 0 aliphatic rings. The Labute approximate surface area is 107 Å². The van der Waals surface area contributed by atoms with Gasteiger partial charge in [-0.1, -0.05) is 12.1 Å². The van der Waals surface area contributed by atoms with Crippen LogP contribution in [-0.2, 0) is 6.54 Å². The first-order valence-corrected chi connectivity index (χ1v) is 5.90. The lowest BCUT2D eigenvalue weighted by Gasteiger charge is -2.07. The van der Waals surface area contributed by atoms with Crippen LogP contribution < -0.4 is 10.1 Å². The zero-order valence-corrected chi connectivity index (χ0v) is 10.9. The fourth-order valence-electron chi connectivity index (χ4n) is 1.61. The highest BCUT2D eigenvalue weighted by molar-refractivity contribution is 5.31. The summed E-state index contributed by atoms with van der Waals surface area (Å²) >= 11 is 0. The van der Waals surface area contributed by atoms with Crippen LogP contribution in [0.15, 0.2) is 30.5 Å². The maximum absolute atomic E-state index is 5.70. The van der Waals surface area contributed by atoms with Crippen LogP contribution in [0.4, 0.5) is 0 Å². The molecular weight excluding hydrogens is 226 g/mol. The van der Waals surface area contributed by atoms with Crippen LogP contribution in [-0.4, -0.2) is 17.0 Å². The molecule has 2 aromatic rings. The molecule has 0 saturated carbocycles. The van der Waals surface area contributed by atoms with E-state index >= 15 is 0 Å². The van der Waals surface area contributed by atoms with Crippen molar-refractivity contribution < 1.29 is 4.74 Å². The van der Waals surface area contributed by atoms with Crippen molar-refractivity contribution in [3.05, 3.63) is 47.4 Å². The van der Waals surface area contributed by atoms with E-state index in [4.69, 9.17) is 4.74 Å². The maximum Gasteiger partial charge on any atom is 0.238 e. The normalized spacial score (nSPS) is 10.4. The Hall–Kier alpha value is -1.94. The molecule has 0 aliphatic carbocycles. The summed E-state index contributed by atoms with van der Waals surface area (Å²) in [6.45, 7) is 4.67. The van der Waals surface area contributed by atoms with Crippen LogP contribution in [0.3, 0.4) is 0 Å². The zero-order valence-electron chi connectivity index (χ0n) is 10.9. The van der Waals surface area contributed by atoms with Gasteiger partial charge >= 0.3 is 0 Å². The zero-order chi connectivity index (χ0) is 13.0. The second kappa shape index (κ2) is 5.60. The van der Waals surface area contributed by atoms with Gasteiger partial charge < -0.3 is 10.1 Å². The summed E-state index contributed by atoms with van der Waals surface area (Å²) in [5.74, 6) is 1.31. The van der Waals surface area contributed by atoms with Crippen LogP contribution >= 0.6 is 0 Å². The first-order valence-electron chi connectivity index (χ1n) is 5.90. The van der Waals surface area contributed by atoms with Crippen LogP contribution in [0.25, 0.3) is 0 Å². The van der Waals surface area contributed by atoms with E-state index in [1.165, 1.54) is 5.56 Å². The highest BCUT2D eigenvalue weighted by Crippen LogP contribution is 2.20. The molecular formula is C14H17N3O. The summed E-state index contributed by atoms with van der Waals surface area (Å²) in [5, 5.41) is 3.11. The number of ether oxygens (including phenoxy) is 1. The van der Waals surface area contributed by atoms with Crippen molar-refractivity contribution >= 4 is 0 Å². The number of nitrogens with one attached hydrogen (secondary N) is 1. The Morgan fingerprint density at radius 1 is 1.22 bits per heavy atom. The van der Waals surface area contributed by atoms with E-state index in [9.17, 15) is 0 Å². The number of hydrogen-bond acceptors (Lipinski definition) is 4. The summed E-state index contributed by atoms with van der Waals surface area (Å²) in [6, 6.07) is 7.93. The first-order chi connectivity index (χ1) is 8.69. The Balaban J connectivity index is 2.17. The topological polar surface area (TPSA) is 47.0 Å². The number of aromatic nitrogens is 2. The Bertz CT molecular complexity index is 540. The molecule has 1 aromatic heterocycles. The SMILES string of the molecule is CNCc1cccc(Oc2cnc(C)c(C)n2)c1. The molecule has 0 bridgehead atoms. The molecule has 0 saturated heterocycles. The smallest absolute Gasteiger partial charge is 0.238 e. The standard InChI is InChI=1S/C14H17N3O/c1-10-11(2)17-14(9-16-10)18-13-6-4-5-12(7-13)8-15-3/h4-7,9,15H,8H2,1-3H3. The van der Waals surface area contributed by atoms with Crippen LogP contribution in [0, 0.1) is 13.8 Å². The molecule has 0 unspecified atom stereocenters. The van der Waals surface area contributed by atoms with Crippen LogP contribution in [0.2, 0.25) is 0 Å². The molecule has 1 aromatic carbocycles. The molecule has 4 heteroatoms. The van der Waals surface area contributed by atoms with Crippen molar-refractivity contribution in [1.82, 2.24) is 15.3 Å². The minimum absolute atomic E-state index is 0.528. The number of nitrogens with zero attached hydrogens (tertiary/aromatic N) is 2. The molecule has 4 nitrogen and oxygen atoms in total. The molecule has 18 heavy (non-hydrogen) atoms. The monoisotopic (exact) mass is 243 g/mol. The van der Waals surface area contributed by atoms with Gasteiger partial charge in [-0.15, -0.1) is 0 Å². The highest BCUT2D eigenvalue weighted by atomic mass is 16.5. The molecule has 2 rings (SSSR count). The fraction of sp³-hybridized carbons (Fsp3) is 0.286. The second-order valence-electron chi connectivity index (χ2n) is 4.16. The van der Waals surface area contributed by atoms with E-state index in [1.54, 1.807) is 6.20 Å². The summed E-state index contributed by atoms with van der Waals surface area (Å²) in [6.07, 6.45) is 1.65. The first kappa shape index (κ1) is 12.5. The summed E-state index contributed by atoms with van der Waals surface area (Å²) in [7, 11) is 1.92. The quantitative estimate of drug-likeness (QED) is 0.896. The van der Waals surface area contributed by atoms with Crippen molar-refractivity contribution in [2.75, 3.05) is 7.05 Å². The summed E-state index contributed by atoms with van der Waals surface area (Å²) < 4.78 is 5.70. The highest BCUT2D eigenvalue weighted by Gasteiger charge is 2.02. The summed E-state index contributed by atoms with van der Waals surface area (Å²) in [5.41, 5.74) is 2.98. The molecule has 94 valence electrons. The Morgan fingerprint density at radius 2 is 2.06 bits per heavy atom. The van der Waals surface area contributed by atoms with E-state index < -0.39 is 0 Å². The molecule has 0 radical (unpaired) electrons. The second-order valence-corrected chi connectivity index (χ2v) is 4.16. The Morgan fingerprint density at radius 3 is 2.78 bits per heavy atom. The van der Waals surface area contributed by atoms with E-state index in [0.29, 0.717) is 5.88 Å². The molecule has 0 spiro atoms. The van der Waals surface area contributed by atoms with Crippen molar-refractivity contribution in [1.29, 1.82) is 0 Å². The third-order valence-corrected chi connectivity index (χ3v) is 2.67. The van der Waals surface area contributed by atoms with Gasteiger partial charge in [0, 0.05) is 6.54 Å². The predicted molar refractivity (Wildman–Crippen MR) is 70.8 cm³/mol. The van der Waals surface area contributed by atoms with E-state index in [2.05, 4.69) is 21.4 Å². The number of hydrogen-bond donors (Lipinski definition) is 1. The third-order valence-electron chi connectivity index (χ3n) is 2.67.